The maximum absolute atomic E-state index is 6.25. The van der Waals surface area contributed by atoms with Crippen LogP contribution >= 0.6 is 23.2 Å². The maximum Gasteiger partial charge on any atom is 0.127 e. The second kappa shape index (κ2) is 5.70. The van der Waals surface area contributed by atoms with Crippen LogP contribution < -0.4 is 0 Å². The topological polar surface area (TPSA) is 21.1 Å². The summed E-state index contributed by atoms with van der Waals surface area (Å²) in [5, 5.41) is 0.598. The molecule has 3 nitrogen and oxygen atoms in total. The number of aromatic nitrogens is 2. The number of benzene rings is 1. The van der Waals surface area contributed by atoms with Gasteiger partial charge in [0.1, 0.15) is 5.82 Å². The summed E-state index contributed by atoms with van der Waals surface area (Å²) in [6.07, 6.45) is 0. The first kappa shape index (κ1) is 14.6. The SMILES string of the molecule is CC(Cl)c1nc2ccc(Cl)cc2n1CC(C)N(C)C. The smallest absolute Gasteiger partial charge is 0.127 e. The first-order chi connectivity index (χ1) is 8.90. The zero-order valence-corrected chi connectivity index (χ0v) is 13.2. The van der Waals surface area contributed by atoms with E-state index in [0.29, 0.717) is 6.04 Å². The third kappa shape index (κ3) is 3.04. The van der Waals surface area contributed by atoms with E-state index in [2.05, 4.69) is 35.5 Å². The average molecular weight is 300 g/mol. The third-order valence-corrected chi connectivity index (χ3v) is 3.85. The highest BCUT2D eigenvalue weighted by atomic mass is 35.5. The van der Waals surface area contributed by atoms with Gasteiger partial charge >= 0.3 is 0 Å². The Morgan fingerprint density at radius 1 is 1.32 bits per heavy atom. The minimum Gasteiger partial charge on any atom is -0.325 e. The Balaban J connectivity index is 2.54. The van der Waals surface area contributed by atoms with Crippen molar-refractivity contribution in [2.45, 2.75) is 31.8 Å². The van der Waals surface area contributed by atoms with Crippen molar-refractivity contribution in [3.63, 3.8) is 0 Å². The van der Waals surface area contributed by atoms with Crippen LogP contribution in [-0.4, -0.2) is 34.6 Å². The largest absolute Gasteiger partial charge is 0.325 e. The third-order valence-electron chi connectivity index (χ3n) is 3.42. The number of rotatable bonds is 4. The molecule has 0 bridgehead atoms. The molecule has 0 spiro atoms. The van der Waals surface area contributed by atoms with Crippen LogP contribution in [0, 0.1) is 0 Å². The second-order valence-corrected chi connectivity index (χ2v) is 6.23. The zero-order chi connectivity index (χ0) is 14.2. The lowest BCUT2D eigenvalue weighted by atomic mass is 10.2. The van der Waals surface area contributed by atoms with Gasteiger partial charge in [-0.2, -0.15) is 0 Å². The van der Waals surface area contributed by atoms with E-state index in [1.807, 2.05) is 25.1 Å². The molecule has 1 aromatic heterocycles. The van der Waals surface area contributed by atoms with Crippen molar-refractivity contribution in [2.24, 2.45) is 0 Å². The zero-order valence-electron chi connectivity index (χ0n) is 11.7. The Bertz CT molecular complexity index is 575. The lowest BCUT2D eigenvalue weighted by Gasteiger charge is -2.22. The van der Waals surface area contributed by atoms with Gasteiger partial charge in [-0.3, -0.25) is 0 Å². The molecule has 0 N–H and O–H groups in total. The molecule has 0 aliphatic rings. The minimum absolute atomic E-state index is 0.125. The van der Waals surface area contributed by atoms with Gasteiger partial charge in [-0.1, -0.05) is 11.6 Å². The van der Waals surface area contributed by atoms with Gasteiger partial charge in [-0.05, 0) is 46.1 Å². The number of nitrogens with zero attached hydrogens (tertiary/aromatic N) is 3. The summed E-state index contributed by atoms with van der Waals surface area (Å²) >= 11 is 12.3. The Morgan fingerprint density at radius 3 is 2.58 bits per heavy atom. The van der Waals surface area contributed by atoms with Crippen LogP contribution in [0.25, 0.3) is 11.0 Å². The monoisotopic (exact) mass is 299 g/mol. The number of halogens is 2. The van der Waals surface area contributed by atoms with E-state index >= 15 is 0 Å². The molecule has 5 heteroatoms. The van der Waals surface area contributed by atoms with Gasteiger partial charge in [0.05, 0.1) is 16.4 Å². The van der Waals surface area contributed by atoms with E-state index in [4.69, 9.17) is 23.2 Å². The number of alkyl halides is 1. The summed E-state index contributed by atoms with van der Waals surface area (Å²) in [6.45, 7) is 4.97. The van der Waals surface area contributed by atoms with Crippen LogP contribution in [0.4, 0.5) is 0 Å². The summed E-state index contributed by atoms with van der Waals surface area (Å²) in [5.74, 6) is 0.896. The van der Waals surface area contributed by atoms with Gasteiger partial charge in [-0.15, -0.1) is 11.6 Å². The van der Waals surface area contributed by atoms with Crippen LogP contribution in [0.1, 0.15) is 25.0 Å². The first-order valence-electron chi connectivity index (χ1n) is 6.36. The molecule has 0 amide bonds. The normalized spacial score (nSPS) is 15.1. The molecule has 0 saturated heterocycles. The predicted octanol–water partition coefficient (Wildman–Crippen LogP) is 3.94. The molecule has 19 heavy (non-hydrogen) atoms. The van der Waals surface area contributed by atoms with E-state index < -0.39 is 0 Å². The molecule has 104 valence electrons. The summed E-state index contributed by atoms with van der Waals surface area (Å²) < 4.78 is 2.17. The van der Waals surface area contributed by atoms with Gasteiger partial charge in [-0.25, -0.2) is 4.98 Å². The molecule has 2 rings (SSSR count). The van der Waals surface area contributed by atoms with E-state index in [1.54, 1.807) is 0 Å². The number of imidazole rings is 1. The van der Waals surface area contributed by atoms with Gasteiger partial charge < -0.3 is 9.47 Å². The number of hydrogen-bond donors (Lipinski definition) is 0. The fourth-order valence-electron chi connectivity index (χ4n) is 2.04. The van der Waals surface area contributed by atoms with Crippen molar-refractivity contribution in [1.29, 1.82) is 0 Å². The van der Waals surface area contributed by atoms with Crippen molar-refractivity contribution in [3.05, 3.63) is 29.0 Å². The lowest BCUT2D eigenvalue weighted by Crippen LogP contribution is -2.29. The molecule has 0 saturated carbocycles. The van der Waals surface area contributed by atoms with E-state index in [1.165, 1.54) is 0 Å². The molecular formula is C14H19Cl2N3. The van der Waals surface area contributed by atoms with Crippen LogP contribution in [0.15, 0.2) is 18.2 Å². The highest BCUT2D eigenvalue weighted by Gasteiger charge is 2.17. The first-order valence-corrected chi connectivity index (χ1v) is 7.17. The van der Waals surface area contributed by atoms with Crippen molar-refractivity contribution in [1.82, 2.24) is 14.5 Å². The summed E-state index contributed by atoms with van der Waals surface area (Å²) in [7, 11) is 4.14. The quantitative estimate of drug-likeness (QED) is 0.797. The molecule has 2 aromatic rings. The Kier molecular flexibility index (Phi) is 4.39. The maximum atomic E-state index is 6.25. The van der Waals surface area contributed by atoms with Gasteiger partial charge in [0.25, 0.3) is 0 Å². The fraction of sp³-hybridized carbons (Fsp3) is 0.500. The molecule has 1 heterocycles. The lowest BCUT2D eigenvalue weighted by molar-refractivity contribution is 0.284. The van der Waals surface area contributed by atoms with E-state index in [0.717, 1.165) is 28.4 Å². The molecule has 0 radical (unpaired) electrons. The van der Waals surface area contributed by atoms with Crippen LogP contribution in [-0.2, 0) is 6.54 Å². The summed E-state index contributed by atoms with van der Waals surface area (Å²) in [5.41, 5.74) is 1.99. The molecule has 0 fully saturated rings. The molecule has 2 unspecified atom stereocenters. The standard InChI is InChI=1S/C14H19Cl2N3/c1-9(18(3)4)8-19-13-7-11(16)5-6-12(13)17-14(19)10(2)15/h5-7,9-10H,8H2,1-4H3. The molecule has 2 atom stereocenters. The fourth-order valence-corrected chi connectivity index (χ4v) is 2.37. The van der Waals surface area contributed by atoms with Gasteiger partial charge in [0.2, 0.25) is 0 Å². The van der Waals surface area contributed by atoms with Crippen molar-refractivity contribution in [3.8, 4) is 0 Å². The number of hydrogen-bond acceptors (Lipinski definition) is 2. The molecule has 0 aliphatic heterocycles. The predicted molar refractivity (Wildman–Crippen MR) is 82.2 cm³/mol. The number of likely N-dealkylation sites (N-methyl/N-ethyl adjacent to an activating group) is 1. The Labute approximate surface area is 124 Å². The second-order valence-electron chi connectivity index (χ2n) is 5.14. The van der Waals surface area contributed by atoms with E-state index in [9.17, 15) is 0 Å². The summed E-state index contributed by atoms with van der Waals surface area (Å²) in [6, 6.07) is 6.15. The molecule has 1 aromatic carbocycles. The van der Waals surface area contributed by atoms with E-state index in [-0.39, 0.29) is 5.38 Å². The highest BCUT2D eigenvalue weighted by Crippen LogP contribution is 2.27. The highest BCUT2D eigenvalue weighted by molar-refractivity contribution is 6.31. The molecule has 0 aliphatic carbocycles. The minimum atomic E-state index is -0.125. The van der Waals surface area contributed by atoms with Gasteiger partial charge in [0, 0.05) is 17.6 Å². The van der Waals surface area contributed by atoms with Crippen molar-refractivity contribution < 1.29 is 0 Å². The Hall–Kier alpha value is -0.770. The van der Waals surface area contributed by atoms with Crippen molar-refractivity contribution in [2.75, 3.05) is 14.1 Å². The van der Waals surface area contributed by atoms with Crippen LogP contribution in [0.2, 0.25) is 5.02 Å². The number of fused-ring (bicyclic) bond motifs is 1. The van der Waals surface area contributed by atoms with Crippen LogP contribution in [0.5, 0.6) is 0 Å². The molecular weight excluding hydrogens is 281 g/mol. The summed E-state index contributed by atoms with van der Waals surface area (Å²) in [4.78, 5) is 6.80. The average Bonchev–Trinajstić information content (AvgIpc) is 2.67. The Morgan fingerprint density at radius 2 is 2.00 bits per heavy atom. The van der Waals surface area contributed by atoms with Gasteiger partial charge in [0.15, 0.2) is 0 Å². The van der Waals surface area contributed by atoms with Crippen LogP contribution in [0.3, 0.4) is 0 Å². The van der Waals surface area contributed by atoms with Crippen molar-refractivity contribution >= 4 is 34.2 Å².